The number of aromatic amines is 1. The van der Waals surface area contributed by atoms with Crippen molar-refractivity contribution in [3.8, 4) is 0 Å². The van der Waals surface area contributed by atoms with Crippen molar-refractivity contribution in [1.29, 1.82) is 0 Å². The summed E-state index contributed by atoms with van der Waals surface area (Å²) < 4.78 is 2.59. The summed E-state index contributed by atoms with van der Waals surface area (Å²) >= 11 is 0. The first kappa shape index (κ1) is 13.9. The summed E-state index contributed by atoms with van der Waals surface area (Å²) in [5.41, 5.74) is 7.09. The van der Waals surface area contributed by atoms with Crippen LogP contribution in [-0.4, -0.2) is 9.55 Å². The van der Waals surface area contributed by atoms with Crippen molar-refractivity contribution in [2.45, 2.75) is 38.6 Å². The number of hydrogen-bond donors (Lipinski definition) is 1. The molecule has 2 aromatic carbocycles. The van der Waals surface area contributed by atoms with Crippen LogP contribution >= 0.6 is 0 Å². The van der Waals surface area contributed by atoms with Gasteiger partial charge in [-0.05, 0) is 43.0 Å². The van der Waals surface area contributed by atoms with Crippen molar-refractivity contribution in [1.82, 2.24) is 9.55 Å². The summed E-state index contributed by atoms with van der Waals surface area (Å²) in [7, 11) is 0. The maximum Gasteiger partial charge on any atom is 0.0485 e. The number of nitrogens with one attached hydrogen (secondary N) is 1. The maximum absolute atomic E-state index is 3.48. The van der Waals surface area contributed by atoms with Crippen LogP contribution in [0.2, 0.25) is 0 Å². The van der Waals surface area contributed by atoms with E-state index < -0.39 is 0 Å². The molecular formula is C22H22N2. The zero-order chi connectivity index (χ0) is 16.1. The van der Waals surface area contributed by atoms with E-state index in [1.54, 1.807) is 0 Å². The molecule has 0 saturated carbocycles. The van der Waals surface area contributed by atoms with Crippen LogP contribution in [0, 0.1) is 6.92 Å². The lowest BCUT2D eigenvalue weighted by molar-refractivity contribution is 0.640. The zero-order valence-corrected chi connectivity index (χ0v) is 14.0. The molecule has 0 amide bonds. The van der Waals surface area contributed by atoms with Gasteiger partial charge in [-0.1, -0.05) is 42.8 Å². The molecule has 5 rings (SSSR count). The molecule has 1 N–H and O–H groups in total. The Bertz CT molecular complexity index is 1030. The van der Waals surface area contributed by atoms with Crippen LogP contribution < -0.4 is 0 Å². The van der Waals surface area contributed by atoms with Gasteiger partial charge in [0.15, 0.2) is 0 Å². The Hall–Kier alpha value is -2.48. The molecule has 120 valence electrons. The minimum atomic E-state index is 0.482. The Morgan fingerprint density at radius 2 is 1.75 bits per heavy atom. The molecule has 2 aromatic heterocycles. The van der Waals surface area contributed by atoms with Crippen LogP contribution in [-0.2, 0) is 6.54 Å². The largest absolute Gasteiger partial charge is 0.361 e. The number of aryl methyl sites for hydroxylation is 2. The van der Waals surface area contributed by atoms with Gasteiger partial charge in [-0.15, -0.1) is 0 Å². The lowest BCUT2D eigenvalue weighted by Gasteiger charge is -2.17. The fourth-order valence-electron chi connectivity index (χ4n) is 4.63. The van der Waals surface area contributed by atoms with E-state index in [1.807, 2.05) is 0 Å². The highest BCUT2D eigenvalue weighted by atomic mass is 15.0. The smallest absolute Gasteiger partial charge is 0.0485 e. The molecule has 24 heavy (non-hydrogen) atoms. The van der Waals surface area contributed by atoms with Crippen molar-refractivity contribution in [3.05, 3.63) is 71.5 Å². The van der Waals surface area contributed by atoms with Gasteiger partial charge in [0.1, 0.15) is 0 Å². The fraction of sp³-hybridized carbons (Fsp3) is 0.273. The van der Waals surface area contributed by atoms with Crippen molar-refractivity contribution < 1.29 is 0 Å². The SMILES string of the molecule is Cc1c2n(c3ccccc13)CCCCC2c1c[nH]c2ccccc12. The Morgan fingerprint density at radius 1 is 0.958 bits per heavy atom. The molecule has 4 aromatic rings. The van der Waals surface area contributed by atoms with Gasteiger partial charge >= 0.3 is 0 Å². The topological polar surface area (TPSA) is 20.7 Å². The van der Waals surface area contributed by atoms with Crippen molar-refractivity contribution in [2.75, 3.05) is 0 Å². The predicted octanol–water partition coefficient (Wildman–Crippen LogP) is 5.75. The average Bonchev–Trinajstić information content (AvgIpc) is 3.08. The van der Waals surface area contributed by atoms with Gasteiger partial charge in [-0.3, -0.25) is 0 Å². The second-order valence-electron chi connectivity index (χ2n) is 7.02. The first-order chi connectivity index (χ1) is 11.8. The average molecular weight is 314 g/mol. The Labute approximate surface area is 142 Å². The van der Waals surface area contributed by atoms with Gasteiger partial charge in [-0.25, -0.2) is 0 Å². The first-order valence-corrected chi connectivity index (χ1v) is 8.98. The number of H-pyrrole nitrogens is 1. The van der Waals surface area contributed by atoms with Gasteiger partial charge in [0.05, 0.1) is 0 Å². The van der Waals surface area contributed by atoms with Crippen LogP contribution in [0.4, 0.5) is 0 Å². The molecule has 0 saturated heterocycles. The highest BCUT2D eigenvalue weighted by Crippen LogP contribution is 2.41. The number of aromatic nitrogens is 2. The van der Waals surface area contributed by atoms with Crippen LogP contribution in [0.25, 0.3) is 21.8 Å². The van der Waals surface area contributed by atoms with E-state index in [4.69, 9.17) is 0 Å². The third-order valence-electron chi connectivity index (χ3n) is 5.73. The van der Waals surface area contributed by atoms with Crippen LogP contribution in [0.5, 0.6) is 0 Å². The number of rotatable bonds is 1. The molecule has 1 aliphatic rings. The highest BCUT2D eigenvalue weighted by Gasteiger charge is 2.27. The molecule has 0 aliphatic carbocycles. The van der Waals surface area contributed by atoms with Crippen LogP contribution in [0.15, 0.2) is 54.7 Å². The van der Waals surface area contributed by atoms with E-state index in [2.05, 4.69) is 71.2 Å². The number of fused-ring (bicyclic) bond motifs is 4. The van der Waals surface area contributed by atoms with Gasteiger partial charge in [0.25, 0.3) is 0 Å². The lowest BCUT2D eigenvalue weighted by atomic mass is 9.89. The third-order valence-corrected chi connectivity index (χ3v) is 5.73. The monoisotopic (exact) mass is 314 g/mol. The first-order valence-electron chi connectivity index (χ1n) is 8.98. The van der Waals surface area contributed by atoms with Crippen molar-refractivity contribution in [3.63, 3.8) is 0 Å². The van der Waals surface area contributed by atoms with Crippen LogP contribution in [0.3, 0.4) is 0 Å². The van der Waals surface area contributed by atoms with E-state index in [-0.39, 0.29) is 0 Å². The van der Waals surface area contributed by atoms with E-state index in [1.165, 1.54) is 57.9 Å². The Kier molecular flexibility index (Phi) is 3.05. The molecule has 3 heterocycles. The van der Waals surface area contributed by atoms with E-state index in [0.717, 1.165) is 6.54 Å². The number of nitrogens with zero attached hydrogens (tertiary/aromatic N) is 1. The summed E-state index contributed by atoms with van der Waals surface area (Å²) in [6.45, 7) is 3.45. The molecule has 1 aliphatic heterocycles. The third kappa shape index (κ3) is 1.89. The summed E-state index contributed by atoms with van der Waals surface area (Å²) in [4.78, 5) is 3.48. The molecule has 0 bridgehead atoms. The molecule has 0 spiro atoms. The second-order valence-corrected chi connectivity index (χ2v) is 7.02. The Morgan fingerprint density at radius 3 is 2.67 bits per heavy atom. The maximum atomic E-state index is 3.48. The van der Waals surface area contributed by atoms with Gasteiger partial charge in [0, 0.05) is 46.2 Å². The Balaban J connectivity index is 1.80. The van der Waals surface area contributed by atoms with Gasteiger partial charge in [-0.2, -0.15) is 0 Å². The quantitative estimate of drug-likeness (QED) is 0.462. The van der Waals surface area contributed by atoms with Gasteiger partial charge < -0.3 is 9.55 Å². The van der Waals surface area contributed by atoms with E-state index >= 15 is 0 Å². The zero-order valence-electron chi connectivity index (χ0n) is 14.0. The lowest BCUT2D eigenvalue weighted by Crippen LogP contribution is -2.07. The summed E-state index contributed by atoms with van der Waals surface area (Å²) in [5, 5.41) is 2.79. The minimum Gasteiger partial charge on any atom is -0.361 e. The predicted molar refractivity (Wildman–Crippen MR) is 101 cm³/mol. The molecule has 1 atom stereocenters. The fourth-order valence-corrected chi connectivity index (χ4v) is 4.63. The molecule has 2 nitrogen and oxygen atoms in total. The summed E-state index contributed by atoms with van der Waals surface area (Å²) in [6.07, 6.45) is 6.03. The van der Waals surface area contributed by atoms with Crippen LogP contribution in [0.1, 0.15) is 42.0 Å². The number of hydrogen-bond acceptors (Lipinski definition) is 0. The molecular weight excluding hydrogens is 292 g/mol. The standard InChI is InChI=1S/C22H22N2/c1-15-16-8-3-5-12-21(16)24-13-7-6-10-18(22(15)24)19-14-23-20-11-4-2-9-17(19)20/h2-5,8-9,11-12,14,18,23H,6-7,10,13H2,1H3. The molecule has 2 heteroatoms. The molecule has 1 unspecified atom stereocenters. The minimum absolute atomic E-state index is 0.482. The number of para-hydroxylation sites is 2. The van der Waals surface area contributed by atoms with Crippen molar-refractivity contribution in [2.24, 2.45) is 0 Å². The van der Waals surface area contributed by atoms with Crippen molar-refractivity contribution >= 4 is 21.8 Å². The normalized spacial score (nSPS) is 18.0. The van der Waals surface area contributed by atoms with E-state index in [0.29, 0.717) is 5.92 Å². The molecule has 0 radical (unpaired) electrons. The molecule has 0 fully saturated rings. The number of benzene rings is 2. The summed E-state index contributed by atoms with van der Waals surface area (Å²) in [5.74, 6) is 0.482. The van der Waals surface area contributed by atoms with Gasteiger partial charge in [0.2, 0.25) is 0 Å². The highest BCUT2D eigenvalue weighted by molar-refractivity contribution is 5.88. The second kappa shape index (κ2) is 5.27. The van der Waals surface area contributed by atoms with E-state index in [9.17, 15) is 0 Å². The summed E-state index contributed by atoms with van der Waals surface area (Å²) in [6, 6.07) is 17.6.